The summed E-state index contributed by atoms with van der Waals surface area (Å²) in [7, 11) is 4.05. The molecule has 0 bridgehead atoms. The largest absolute Gasteiger partial charge is 0.396 e. The minimum Gasteiger partial charge on any atom is -0.396 e. The minimum atomic E-state index is -0.00581. The van der Waals surface area contributed by atoms with E-state index >= 15 is 0 Å². The first-order valence-corrected chi connectivity index (χ1v) is 8.81. The van der Waals surface area contributed by atoms with Gasteiger partial charge in [-0.25, -0.2) is 4.79 Å². The monoisotopic (exact) mass is 333 g/mol. The van der Waals surface area contributed by atoms with Gasteiger partial charge in [0.05, 0.1) is 0 Å². The van der Waals surface area contributed by atoms with E-state index in [4.69, 9.17) is 0 Å². The summed E-state index contributed by atoms with van der Waals surface area (Å²) in [5.41, 5.74) is 3.50. The Labute approximate surface area is 145 Å². The number of piperidine rings is 1. The highest BCUT2D eigenvalue weighted by molar-refractivity contribution is 5.74. The summed E-state index contributed by atoms with van der Waals surface area (Å²) < 4.78 is 0. The molecule has 5 heteroatoms. The molecule has 2 rings (SSSR count). The molecule has 1 aromatic carbocycles. The van der Waals surface area contributed by atoms with E-state index in [2.05, 4.69) is 42.3 Å². The van der Waals surface area contributed by atoms with Crippen LogP contribution < -0.4 is 10.2 Å². The van der Waals surface area contributed by atoms with Gasteiger partial charge >= 0.3 is 6.03 Å². The summed E-state index contributed by atoms with van der Waals surface area (Å²) in [6.45, 7) is 6.40. The second-order valence-corrected chi connectivity index (χ2v) is 7.16. The van der Waals surface area contributed by atoms with Crippen molar-refractivity contribution < 1.29 is 9.90 Å². The molecule has 1 fully saturated rings. The molecule has 0 aliphatic carbocycles. The Morgan fingerprint density at radius 2 is 2.00 bits per heavy atom. The number of benzene rings is 1. The summed E-state index contributed by atoms with van der Waals surface area (Å²) in [6, 6.07) is 6.29. The molecule has 1 heterocycles. The first-order chi connectivity index (χ1) is 11.4. The Morgan fingerprint density at radius 3 is 2.50 bits per heavy atom. The maximum Gasteiger partial charge on any atom is 0.317 e. The van der Waals surface area contributed by atoms with Crippen molar-refractivity contribution in [2.24, 2.45) is 5.41 Å². The minimum absolute atomic E-state index is 0.00581. The first-order valence-electron chi connectivity index (χ1n) is 8.81. The van der Waals surface area contributed by atoms with E-state index in [1.54, 1.807) is 0 Å². The molecule has 0 atom stereocenters. The molecule has 24 heavy (non-hydrogen) atoms. The Kier molecular flexibility index (Phi) is 6.10. The molecular formula is C19H31N3O2. The fourth-order valence-corrected chi connectivity index (χ4v) is 3.25. The highest BCUT2D eigenvalue weighted by Gasteiger charge is 2.33. The first kappa shape index (κ1) is 18.6. The molecule has 1 aromatic rings. The molecule has 1 aliphatic heterocycles. The smallest absolute Gasteiger partial charge is 0.317 e. The second-order valence-electron chi connectivity index (χ2n) is 7.16. The lowest BCUT2D eigenvalue weighted by Crippen LogP contribution is -2.48. The van der Waals surface area contributed by atoms with Crippen LogP contribution in [0.3, 0.4) is 0 Å². The molecule has 134 valence electrons. The van der Waals surface area contributed by atoms with E-state index < -0.39 is 0 Å². The van der Waals surface area contributed by atoms with Gasteiger partial charge in [-0.15, -0.1) is 0 Å². The number of aryl methyl sites for hydroxylation is 1. The van der Waals surface area contributed by atoms with Gasteiger partial charge in [-0.05, 0) is 54.9 Å². The van der Waals surface area contributed by atoms with Crippen molar-refractivity contribution in [1.82, 2.24) is 10.2 Å². The lowest BCUT2D eigenvalue weighted by atomic mass is 9.77. The number of carbonyl (C=O) groups excluding carboxylic acids is 1. The standard InChI is InChI=1S/C19H31N3O2/c1-5-19(14-23)8-10-22(11-9-19)18(24)20-13-16-6-7-17(21(3)4)12-15(16)2/h6-7,12,23H,5,8-11,13-14H2,1-4H3,(H,20,24). The van der Waals surface area contributed by atoms with Gasteiger partial charge in [-0.1, -0.05) is 13.0 Å². The Morgan fingerprint density at radius 1 is 1.33 bits per heavy atom. The predicted molar refractivity (Wildman–Crippen MR) is 98.4 cm³/mol. The van der Waals surface area contributed by atoms with Crippen LogP contribution in [0.1, 0.15) is 37.3 Å². The van der Waals surface area contributed by atoms with Gasteiger partial charge in [0, 0.05) is 46.0 Å². The Hall–Kier alpha value is -1.75. The predicted octanol–water partition coefficient (Wildman–Crippen LogP) is 2.76. The summed E-state index contributed by atoms with van der Waals surface area (Å²) in [5.74, 6) is 0. The molecule has 1 saturated heterocycles. The van der Waals surface area contributed by atoms with Crippen LogP contribution in [-0.2, 0) is 6.54 Å². The Bertz CT molecular complexity index is 558. The number of anilines is 1. The second kappa shape index (κ2) is 7.88. The Balaban J connectivity index is 1.88. The van der Waals surface area contributed by atoms with E-state index in [-0.39, 0.29) is 18.1 Å². The highest BCUT2D eigenvalue weighted by atomic mass is 16.3. The van der Waals surface area contributed by atoms with Crippen LogP contribution in [0.2, 0.25) is 0 Å². The molecule has 0 unspecified atom stereocenters. The molecule has 0 aromatic heterocycles. The van der Waals surface area contributed by atoms with Gasteiger partial charge < -0.3 is 20.2 Å². The van der Waals surface area contributed by atoms with Crippen molar-refractivity contribution in [2.45, 2.75) is 39.7 Å². The number of nitrogens with zero attached hydrogens (tertiary/aromatic N) is 2. The molecule has 2 amide bonds. The van der Waals surface area contributed by atoms with Crippen LogP contribution in [0, 0.1) is 12.3 Å². The topological polar surface area (TPSA) is 55.8 Å². The fourth-order valence-electron chi connectivity index (χ4n) is 3.25. The molecule has 5 nitrogen and oxygen atoms in total. The number of carbonyl (C=O) groups is 1. The zero-order chi connectivity index (χ0) is 17.7. The van der Waals surface area contributed by atoms with Crippen LogP contribution in [0.4, 0.5) is 10.5 Å². The third-order valence-electron chi connectivity index (χ3n) is 5.47. The van der Waals surface area contributed by atoms with Crippen LogP contribution in [0.5, 0.6) is 0 Å². The van der Waals surface area contributed by atoms with Crippen molar-refractivity contribution in [3.63, 3.8) is 0 Å². The van der Waals surface area contributed by atoms with Crippen LogP contribution >= 0.6 is 0 Å². The fraction of sp³-hybridized carbons (Fsp3) is 0.632. The van der Waals surface area contributed by atoms with Crippen molar-refractivity contribution >= 4 is 11.7 Å². The molecule has 1 aliphatic rings. The maximum absolute atomic E-state index is 12.4. The molecule has 0 spiro atoms. The number of amides is 2. The highest BCUT2D eigenvalue weighted by Crippen LogP contribution is 2.34. The molecular weight excluding hydrogens is 302 g/mol. The van der Waals surface area contributed by atoms with Gasteiger partial charge in [0.25, 0.3) is 0 Å². The third kappa shape index (κ3) is 4.20. The van der Waals surface area contributed by atoms with Crippen LogP contribution in [0.25, 0.3) is 0 Å². The quantitative estimate of drug-likeness (QED) is 0.871. The number of rotatable bonds is 5. The lowest BCUT2D eigenvalue weighted by Gasteiger charge is -2.40. The van der Waals surface area contributed by atoms with Crippen molar-refractivity contribution in [1.29, 1.82) is 0 Å². The number of hydrogen-bond donors (Lipinski definition) is 2. The van der Waals surface area contributed by atoms with Gasteiger partial charge in [0.1, 0.15) is 0 Å². The lowest BCUT2D eigenvalue weighted by molar-refractivity contribution is 0.0519. The molecule has 2 N–H and O–H groups in total. The van der Waals surface area contributed by atoms with Crippen LogP contribution in [-0.4, -0.2) is 49.8 Å². The number of likely N-dealkylation sites (tertiary alicyclic amines) is 1. The zero-order valence-corrected chi connectivity index (χ0v) is 15.4. The van der Waals surface area contributed by atoms with Gasteiger partial charge in [0.2, 0.25) is 0 Å². The van der Waals surface area contributed by atoms with Gasteiger partial charge in [0.15, 0.2) is 0 Å². The number of nitrogens with one attached hydrogen (secondary N) is 1. The average Bonchev–Trinajstić information content (AvgIpc) is 2.60. The third-order valence-corrected chi connectivity index (χ3v) is 5.47. The summed E-state index contributed by atoms with van der Waals surface area (Å²) in [6.07, 6.45) is 2.73. The van der Waals surface area contributed by atoms with E-state index in [0.717, 1.165) is 37.9 Å². The molecule has 0 saturated carbocycles. The van der Waals surface area contributed by atoms with Crippen molar-refractivity contribution in [3.8, 4) is 0 Å². The summed E-state index contributed by atoms with van der Waals surface area (Å²) in [4.78, 5) is 16.3. The number of hydrogen-bond acceptors (Lipinski definition) is 3. The molecule has 0 radical (unpaired) electrons. The summed E-state index contributed by atoms with van der Waals surface area (Å²) >= 11 is 0. The van der Waals surface area contributed by atoms with Crippen molar-refractivity contribution in [3.05, 3.63) is 29.3 Å². The van der Waals surface area contributed by atoms with Gasteiger partial charge in [-0.2, -0.15) is 0 Å². The average molecular weight is 333 g/mol. The van der Waals surface area contributed by atoms with E-state index in [0.29, 0.717) is 6.54 Å². The van der Waals surface area contributed by atoms with E-state index in [1.807, 2.05) is 19.0 Å². The SMILES string of the molecule is CCC1(CO)CCN(C(=O)NCc2ccc(N(C)C)cc2C)CC1. The van der Waals surface area contributed by atoms with E-state index in [9.17, 15) is 9.90 Å². The number of aliphatic hydroxyl groups is 1. The summed E-state index contributed by atoms with van der Waals surface area (Å²) in [5, 5.41) is 12.6. The normalized spacial score (nSPS) is 16.8. The van der Waals surface area contributed by atoms with Crippen LogP contribution in [0.15, 0.2) is 18.2 Å². The van der Waals surface area contributed by atoms with Gasteiger partial charge in [-0.3, -0.25) is 0 Å². The van der Waals surface area contributed by atoms with Crippen molar-refractivity contribution in [2.75, 3.05) is 38.7 Å². The number of aliphatic hydroxyl groups excluding tert-OH is 1. The van der Waals surface area contributed by atoms with E-state index in [1.165, 1.54) is 11.3 Å². The maximum atomic E-state index is 12.4. The zero-order valence-electron chi connectivity index (χ0n) is 15.4. The number of urea groups is 1.